The van der Waals surface area contributed by atoms with Gasteiger partial charge in [-0.25, -0.2) is 0 Å². The minimum Gasteiger partial charge on any atom is -0.394 e. The van der Waals surface area contributed by atoms with Crippen molar-refractivity contribution < 1.29 is 9.90 Å². The van der Waals surface area contributed by atoms with Crippen LogP contribution in [-0.4, -0.2) is 23.7 Å². The molecule has 0 heterocycles. The summed E-state index contributed by atoms with van der Waals surface area (Å²) < 4.78 is 0. The molecule has 3 atom stereocenters. The van der Waals surface area contributed by atoms with Crippen molar-refractivity contribution >= 4 is 5.91 Å². The molecule has 3 unspecified atom stereocenters. The smallest absolute Gasteiger partial charge is 0.225 e. The molecule has 0 bridgehead atoms. The van der Waals surface area contributed by atoms with Gasteiger partial charge in [-0.2, -0.15) is 0 Å². The average Bonchev–Trinajstić information content (AvgIpc) is 2.43. The van der Waals surface area contributed by atoms with E-state index in [1.807, 2.05) is 37.3 Å². The number of carbonyl (C=O) groups excluding carboxylic acids is 1. The van der Waals surface area contributed by atoms with Crippen molar-refractivity contribution in [3.8, 4) is 0 Å². The maximum atomic E-state index is 12.0. The summed E-state index contributed by atoms with van der Waals surface area (Å²) in [7, 11) is 0. The SMILES string of the molecule is CCC(CO)NC(=O)C(C)C(N)c1ccccc1. The molecule has 0 aliphatic heterocycles. The summed E-state index contributed by atoms with van der Waals surface area (Å²) in [4.78, 5) is 12.0. The molecule has 1 aromatic carbocycles. The topological polar surface area (TPSA) is 75.3 Å². The van der Waals surface area contributed by atoms with Gasteiger partial charge in [0.1, 0.15) is 0 Å². The third-order valence-corrected chi connectivity index (χ3v) is 3.20. The minimum absolute atomic E-state index is 0.0461. The van der Waals surface area contributed by atoms with E-state index in [-0.39, 0.29) is 30.5 Å². The maximum Gasteiger partial charge on any atom is 0.225 e. The van der Waals surface area contributed by atoms with Crippen LogP contribution in [0.4, 0.5) is 0 Å². The van der Waals surface area contributed by atoms with Crippen molar-refractivity contribution in [1.29, 1.82) is 0 Å². The van der Waals surface area contributed by atoms with Crippen molar-refractivity contribution in [3.63, 3.8) is 0 Å². The summed E-state index contributed by atoms with van der Waals surface area (Å²) in [6.45, 7) is 3.68. The predicted octanol–water partition coefficient (Wildman–Crippen LogP) is 1.21. The van der Waals surface area contributed by atoms with Crippen LogP contribution >= 0.6 is 0 Å². The van der Waals surface area contributed by atoms with Crippen LogP contribution in [0, 0.1) is 5.92 Å². The van der Waals surface area contributed by atoms with Crippen LogP contribution in [0.5, 0.6) is 0 Å². The molecule has 1 amide bonds. The largest absolute Gasteiger partial charge is 0.394 e. The zero-order valence-electron chi connectivity index (χ0n) is 11.0. The summed E-state index contributed by atoms with van der Waals surface area (Å²) in [6.07, 6.45) is 0.704. The Balaban J connectivity index is 2.63. The molecule has 0 saturated heterocycles. The van der Waals surface area contributed by atoms with E-state index in [9.17, 15) is 4.79 Å². The summed E-state index contributed by atoms with van der Waals surface area (Å²) in [5.41, 5.74) is 7.02. The first-order chi connectivity index (χ1) is 8.60. The molecule has 4 heteroatoms. The zero-order valence-corrected chi connectivity index (χ0v) is 11.0. The molecule has 18 heavy (non-hydrogen) atoms. The lowest BCUT2D eigenvalue weighted by molar-refractivity contribution is -0.126. The fourth-order valence-corrected chi connectivity index (χ4v) is 1.74. The van der Waals surface area contributed by atoms with Gasteiger partial charge in [0, 0.05) is 6.04 Å². The number of aliphatic hydroxyl groups excluding tert-OH is 1. The van der Waals surface area contributed by atoms with Crippen molar-refractivity contribution in [3.05, 3.63) is 35.9 Å². The number of amides is 1. The summed E-state index contributed by atoms with van der Waals surface area (Å²) in [5, 5.41) is 11.9. The minimum atomic E-state index is -0.331. The first-order valence-electron chi connectivity index (χ1n) is 6.31. The number of benzene rings is 1. The van der Waals surface area contributed by atoms with E-state index >= 15 is 0 Å². The highest BCUT2D eigenvalue weighted by Gasteiger charge is 2.23. The average molecular weight is 250 g/mol. The molecule has 0 fully saturated rings. The number of nitrogens with one attached hydrogen (secondary N) is 1. The molecule has 0 spiro atoms. The molecule has 1 aromatic rings. The Kier molecular flexibility index (Phi) is 5.82. The van der Waals surface area contributed by atoms with Crippen LogP contribution in [0.25, 0.3) is 0 Å². The lowest BCUT2D eigenvalue weighted by atomic mass is 9.94. The van der Waals surface area contributed by atoms with Gasteiger partial charge in [-0.05, 0) is 12.0 Å². The van der Waals surface area contributed by atoms with Crippen molar-refractivity contribution in [2.45, 2.75) is 32.4 Å². The third kappa shape index (κ3) is 3.82. The Morgan fingerprint density at radius 2 is 2.00 bits per heavy atom. The third-order valence-electron chi connectivity index (χ3n) is 3.20. The standard InChI is InChI=1S/C14H22N2O2/c1-3-12(9-17)16-14(18)10(2)13(15)11-7-5-4-6-8-11/h4-8,10,12-13,17H,3,9,15H2,1-2H3,(H,16,18). The van der Waals surface area contributed by atoms with Gasteiger partial charge in [-0.3, -0.25) is 4.79 Å². The van der Waals surface area contributed by atoms with Crippen LogP contribution in [0.2, 0.25) is 0 Å². The van der Waals surface area contributed by atoms with Gasteiger partial charge in [0.2, 0.25) is 5.91 Å². The van der Waals surface area contributed by atoms with Gasteiger partial charge in [-0.15, -0.1) is 0 Å². The molecule has 0 aliphatic carbocycles. The van der Waals surface area contributed by atoms with Gasteiger partial charge in [-0.1, -0.05) is 44.2 Å². The molecule has 0 radical (unpaired) electrons. The van der Waals surface area contributed by atoms with E-state index in [1.165, 1.54) is 0 Å². The highest BCUT2D eigenvalue weighted by Crippen LogP contribution is 2.19. The van der Waals surface area contributed by atoms with Crippen LogP contribution < -0.4 is 11.1 Å². The molecular weight excluding hydrogens is 228 g/mol. The highest BCUT2D eigenvalue weighted by molar-refractivity contribution is 5.79. The zero-order chi connectivity index (χ0) is 13.5. The number of hydrogen-bond donors (Lipinski definition) is 3. The molecule has 4 N–H and O–H groups in total. The highest BCUT2D eigenvalue weighted by atomic mass is 16.3. The molecule has 4 nitrogen and oxygen atoms in total. The molecule has 0 aromatic heterocycles. The van der Waals surface area contributed by atoms with Crippen LogP contribution in [0.15, 0.2) is 30.3 Å². The van der Waals surface area contributed by atoms with E-state index in [1.54, 1.807) is 6.92 Å². The predicted molar refractivity (Wildman–Crippen MR) is 71.8 cm³/mol. The Bertz CT molecular complexity index is 363. The second-order valence-corrected chi connectivity index (χ2v) is 4.52. The number of hydrogen-bond acceptors (Lipinski definition) is 3. The van der Waals surface area contributed by atoms with Crippen LogP contribution in [0.1, 0.15) is 31.9 Å². The Morgan fingerprint density at radius 1 is 1.39 bits per heavy atom. The van der Waals surface area contributed by atoms with Gasteiger partial charge in [0.05, 0.1) is 18.6 Å². The molecular formula is C14H22N2O2. The fraction of sp³-hybridized carbons (Fsp3) is 0.500. The second kappa shape index (κ2) is 7.13. The molecule has 0 saturated carbocycles. The van der Waals surface area contributed by atoms with Crippen molar-refractivity contribution in [1.82, 2.24) is 5.32 Å². The Hall–Kier alpha value is -1.39. The van der Waals surface area contributed by atoms with Crippen LogP contribution in [0.3, 0.4) is 0 Å². The molecule has 0 aliphatic rings. The lowest BCUT2D eigenvalue weighted by Gasteiger charge is -2.22. The number of rotatable bonds is 6. The van der Waals surface area contributed by atoms with E-state index < -0.39 is 0 Å². The molecule has 100 valence electrons. The summed E-state index contributed by atoms with van der Waals surface area (Å²) in [6, 6.07) is 9.03. The van der Waals surface area contributed by atoms with Gasteiger partial charge in [0.25, 0.3) is 0 Å². The van der Waals surface area contributed by atoms with Gasteiger partial charge < -0.3 is 16.2 Å². The number of nitrogens with two attached hydrogens (primary N) is 1. The van der Waals surface area contributed by atoms with Crippen LogP contribution in [-0.2, 0) is 4.79 Å². The monoisotopic (exact) mass is 250 g/mol. The normalized spacial score (nSPS) is 15.8. The van der Waals surface area contributed by atoms with Crippen molar-refractivity contribution in [2.75, 3.05) is 6.61 Å². The first-order valence-corrected chi connectivity index (χ1v) is 6.31. The lowest BCUT2D eigenvalue weighted by Crippen LogP contribution is -2.42. The van der Waals surface area contributed by atoms with E-state index in [0.29, 0.717) is 6.42 Å². The number of carbonyl (C=O) groups is 1. The second-order valence-electron chi connectivity index (χ2n) is 4.52. The Labute approximate surface area is 108 Å². The quantitative estimate of drug-likeness (QED) is 0.710. The summed E-state index contributed by atoms with van der Waals surface area (Å²) >= 11 is 0. The van der Waals surface area contributed by atoms with Crippen molar-refractivity contribution in [2.24, 2.45) is 11.7 Å². The number of aliphatic hydroxyl groups is 1. The maximum absolute atomic E-state index is 12.0. The molecule has 1 rings (SSSR count). The Morgan fingerprint density at radius 3 is 2.50 bits per heavy atom. The van der Waals surface area contributed by atoms with E-state index in [4.69, 9.17) is 10.8 Å². The fourth-order valence-electron chi connectivity index (χ4n) is 1.74. The van der Waals surface area contributed by atoms with Gasteiger partial charge >= 0.3 is 0 Å². The van der Waals surface area contributed by atoms with E-state index in [0.717, 1.165) is 5.56 Å². The van der Waals surface area contributed by atoms with E-state index in [2.05, 4.69) is 5.32 Å². The first kappa shape index (κ1) is 14.7. The summed E-state index contributed by atoms with van der Waals surface area (Å²) in [5.74, 6) is -0.444. The van der Waals surface area contributed by atoms with Gasteiger partial charge in [0.15, 0.2) is 0 Å².